The average Bonchev–Trinajstić information content (AvgIpc) is 2.97. The molecule has 1 amide bonds. The first-order valence-corrected chi connectivity index (χ1v) is 8.26. The van der Waals surface area contributed by atoms with Crippen LogP contribution in [0.5, 0.6) is 5.75 Å². The Kier molecular flexibility index (Phi) is 3.80. The molecule has 4 rings (SSSR count). The number of amides is 1. The fraction of sp³-hybridized carbons (Fsp3) is 0.529. The van der Waals surface area contributed by atoms with Gasteiger partial charge >= 0.3 is 6.16 Å². The smallest absolute Gasteiger partial charge is 0.490 e. The lowest BCUT2D eigenvalue weighted by molar-refractivity contribution is -0.121. The minimum atomic E-state index is -0.579. The maximum atomic E-state index is 12.7. The Bertz CT molecular complexity index is 654. The van der Waals surface area contributed by atoms with E-state index in [1.807, 2.05) is 24.3 Å². The number of anilines is 1. The molecule has 7 nitrogen and oxygen atoms in total. The van der Waals surface area contributed by atoms with Gasteiger partial charge in [-0.15, -0.1) is 0 Å². The second kappa shape index (κ2) is 5.98. The number of cyclic esters (lactones) is 1. The highest BCUT2D eigenvalue weighted by molar-refractivity contribution is 5.96. The fourth-order valence-electron chi connectivity index (χ4n) is 3.50. The molecule has 0 aliphatic carbocycles. The zero-order valence-corrected chi connectivity index (χ0v) is 13.4. The van der Waals surface area contributed by atoms with Gasteiger partial charge in [-0.1, -0.05) is 12.1 Å². The Labute approximate surface area is 140 Å². The van der Waals surface area contributed by atoms with E-state index in [0.717, 1.165) is 11.4 Å². The Morgan fingerprint density at radius 1 is 1.12 bits per heavy atom. The molecule has 3 heterocycles. The van der Waals surface area contributed by atoms with Crippen molar-refractivity contribution in [1.29, 1.82) is 0 Å². The number of ether oxygens (including phenoxy) is 3. The largest absolute Gasteiger partial charge is 0.509 e. The van der Waals surface area contributed by atoms with Crippen molar-refractivity contribution in [3.8, 4) is 5.75 Å². The van der Waals surface area contributed by atoms with Gasteiger partial charge in [0.2, 0.25) is 5.91 Å². The number of carbonyl (C=O) groups is 2. The van der Waals surface area contributed by atoms with Crippen molar-refractivity contribution in [2.45, 2.75) is 18.4 Å². The molecular weight excluding hydrogens is 312 g/mol. The lowest BCUT2D eigenvalue weighted by Gasteiger charge is -2.37. The monoisotopic (exact) mass is 332 g/mol. The van der Waals surface area contributed by atoms with Gasteiger partial charge in [0.15, 0.2) is 5.60 Å². The van der Waals surface area contributed by atoms with Crippen LogP contribution in [0, 0.1) is 0 Å². The molecule has 128 valence electrons. The van der Waals surface area contributed by atoms with Crippen LogP contribution in [0.1, 0.15) is 12.8 Å². The molecule has 0 atom stereocenters. The number of benzene rings is 1. The number of para-hydroxylation sites is 2. The van der Waals surface area contributed by atoms with Gasteiger partial charge in [0.1, 0.15) is 19.0 Å². The molecule has 0 radical (unpaired) electrons. The zero-order valence-electron chi connectivity index (χ0n) is 13.4. The van der Waals surface area contributed by atoms with Crippen LogP contribution in [-0.2, 0) is 14.3 Å². The lowest BCUT2D eigenvalue weighted by atomic mass is 9.92. The number of rotatable bonds is 2. The van der Waals surface area contributed by atoms with Gasteiger partial charge in [0.25, 0.3) is 0 Å². The van der Waals surface area contributed by atoms with Gasteiger partial charge in [-0.25, -0.2) is 4.79 Å². The average molecular weight is 332 g/mol. The molecule has 0 saturated carbocycles. The molecule has 0 bridgehead atoms. The van der Waals surface area contributed by atoms with E-state index in [1.54, 1.807) is 4.90 Å². The highest BCUT2D eigenvalue weighted by atomic mass is 16.8. The minimum Gasteiger partial charge on any atom is -0.490 e. The van der Waals surface area contributed by atoms with Crippen LogP contribution in [0.3, 0.4) is 0 Å². The third-order valence-electron chi connectivity index (χ3n) is 4.91. The number of fused-ring (bicyclic) bond motifs is 1. The summed E-state index contributed by atoms with van der Waals surface area (Å²) in [6.07, 6.45) is 0.821. The summed E-state index contributed by atoms with van der Waals surface area (Å²) < 4.78 is 15.8. The molecule has 24 heavy (non-hydrogen) atoms. The Balaban J connectivity index is 1.37. The lowest BCUT2D eigenvalue weighted by Crippen LogP contribution is -2.50. The molecule has 3 aliphatic rings. The van der Waals surface area contributed by atoms with E-state index >= 15 is 0 Å². The molecule has 7 heteroatoms. The number of piperidine rings is 1. The van der Waals surface area contributed by atoms with E-state index in [9.17, 15) is 9.59 Å². The summed E-state index contributed by atoms with van der Waals surface area (Å²) in [6.45, 7) is 3.20. The summed E-state index contributed by atoms with van der Waals surface area (Å²) in [6, 6.07) is 7.61. The Morgan fingerprint density at radius 3 is 2.67 bits per heavy atom. The number of carbonyl (C=O) groups excluding carboxylic acids is 2. The first kappa shape index (κ1) is 15.3. The van der Waals surface area contributed by atoms with Crippen molar-refractivity contribution < 1.29 is 23.8 Å². The summed E-state index contributed by atoms with van der Waals surface area (Å²) >= 11 is 0. The first-order valence-electron chi connectivity index (χ1n) is 8.26. The predicted molar refractivity (Wildman–Crippen MR) is 85.1 cm³/mol. The fourth-order valence-corrected chi connectivity index (χ4v) is 3.50. The van der Waals surface area contributed by atoms with E-state index in [-0.39, 0.29) is 5.91 Å². The van der Waals surface area contributed by atoms with E-state index in [4.69, 9.17) is 14.2 Å². The van der Waals surface area contributed by atoms with Crippen molar-refractivity contribution in [3.63, 3.8) is 0 Å². The van der Waals surface area contributed by atoms with E-state index in [2.05, 4.69) is 4.90 Å². The standard InChI is InChI=1S/C17H20N2O5/c20-15(19-9-10-22-14-4-2-1-3-13(14)19)11-18-7-5-17(6-8-18)12-23-16(21)24-17/h1-4H,5-12H2. The van der Waals surface area contributed by atoms with Gasteiger partial charge in [0.05, 0.1) is 18.8 Å². The molecular formula is C17H20N2O5. The summed E-state index contributed by atoms with van der Waals surface area (Å²) in [5, 5.41) is 0. The van der Waals surface area contributed by atoms with Crippen molar-refractivity contribution >= 4 is 17.7 Å². The second-order valence-corrected chi connectivity index (χ2v) is 6.46. The number of hydrogen-bond donors (Lipinski definition) is 0. The van der Waals surface area contributed by atoms with Crippen molar-refractivity contribution in [2.75, 3.05) is 44.3 Å². The van der Waals surface area contributed by atoms with Crippen LogP contribution in [0.4, 0.5) is 10.5 Å². The molecule has 0 unspecified atom stereocenters. The molecule has 1 aromatic carbocycles. The molecule has 2 fully saturated rings. The van der Waals surface area contributed by atoms with Gasteiger partial charge in [-0.3, -0.25) is 9.69 Å². The summed E-state index contributed by atoms with van der Waals surface area (Å²) in [5.41, 5.74) is 0.350. The Hall–Kier alpha value is -2.28. The van der Waals surface area contributed by atoms with Crippen molar-refractivity contribution in [1.82, 2.24) is 4.90 Å². The van der Waals surface area contributed by atoms with Crippen LogP contribution >= 0.6 is 0 Å². The molecule has 1 spiro atoms. The molecule has 2 saturated heterocycles. The number of hydrogen-bond acceptors (Lipinski definition) is 6. The number of likely N-dealkylation sites (tertiary alicyclic amines) is 1. The quantitative estimate of drug-likeness (QED) is 0.763. The van der Waals surface area contributed by atoms with E-state index < -0.39 is 11.8 Å². The highest BCUT2D eigenvalue weighted by Crippen LogP contribution is 2.33. The van der Waals surface area contributed by atoms with Crippen molar-refractivity contribution in [3.05, 3.63) is 24.3 Å². The summed E-state index contributed by atoms with van der Waals surface area (Å²) in [7, 11) is 0. The van der Waals surface area contributed by atoms with Gasteiger partial charge in [-0.05, 0) is 12.1 Å². The van der Waals surface area contributed by atoms with E-state index in [0.29, 0.717) is 52.2 Å². The third kappa shape index (κ3) is 2.80. The van der Waals surface area contributed by atoms with Crippen LogP contribution in [0.15, 0.2) is 24.3 Å². The first-order chi connectivity index (χ1) is 11.7. The maximum absolute atomic E-state index is 12.7. The maximum Gasteiger partial charge on any atom is 0.509 e. The molecule has 3 aliphatic heterocycles. The van der Waals surface area contributed by atoms with Crippen LogP contribution < -0.4 is 9.64 Å². The highest BCUT2D eigenvalue weighted by Gasteiger charge is 2.45. The van der Waals surface area contributed by atoms with Gasteiger partial charge in [0, 0.05) is 25.9 Å². The van der Waals surface area contributed by atoms with Crippen LogP contribution in [0.2, 0.25) is 0 Å². The molecule has 0 aromatic heterocycles. The van der Waals surface area contributed by atoms with Crippen molar-refractivity contribution in [2.24, 2.45) is 0 Å². The minimum absolute atomic E-state index is 0.0707. The summed E-state index contributed by atoms with van der Waals surface area (Å²) in [5.74, 6) is 0.825. The number of nitrogens with zero attached hydrogens (tertiary/aromatic N) is 2. The van der Waals surface area contributed by atoms with Gasteiger partial charge in [-0.2, -0.15) is 0 Å². The summed E-state index contributed by atoms with van der Waals surface area (Å²) in [4.78, 5) is 27.8. The normalized spacial score (nSPS) is 22.5. The Morgan fingerprint density at radius 2 is 1.92 bits per heavy atom. The van der Waals surface area contributed by atoms with E-state index in [1.165, 1.54) is 0 Å². The molecule has 0 N–H and O–H groups in total. The SMILES string of the molecule is O=C1OCC2(CCN(CC(=O)N3CCOc4ccccc43)CC2)O1. The van der Waals surface area contributed by atoms with Crippen LogP contribution in [-0.4, -0.2) is 62.0 Å². The van der Waals surface area contributed by atoms with Crippen LogP contribution in [0.25, 0.3) is 0 Å². The second-order valence-electron chi connectivity index (χ2n) is 6.46. The molecule has 1 aromatic rings. The zero-order chi connectivity index (χ0) is 16.6. The predicted octanol–water partition coefficient (Wildman–Crippen LogP) is 1.41. The topological polar surface area (TPSA) is 68.3 Å². The van der Waals surface area contributed by atoms with Gasteiger partial charge < -0.3 is 19.1 Å². The third-order valence-corrected chi connectivity index (χ3v) is 4.91.